The Morgan fingerprint density at radius 2 is 2.00 bits per heavy atom. The zero-order valence-corrected chi connectivity index (χ0v) is 10.6. The number of hydrogen-bond acceptors (Lipinski definition) is 4. The normalized spacial score (nSPS) is 10.8. The van der Waals surface area contributed by atoms with Gasteiger partial charge < -0.3 is 10.5 Å². The summed E-state index contributed by atoms with van der Waals surface area (Å²) in [6, 6.07) is 11.6. The molecule has 2 aromatic heterocycles. The van der Waals surface area contributed by atoms with Crippen molar-refractivity contribution in [1.29, 1.82) is 0 Å². The minimum absolute atomic E-state index is 0.486. The highest BCUT2D eigenvalue weighted by Crippen LogP contribution is 2.28. The topological polar surface area (TPSA) is 65.4 Å². The van der Waals surface area contributed by atoms with Crippen LogP contribution in [0, 0.1) is 0 Å². The second kappa shape index (κ2) is 4.70. The SMILES string of the molecule is COc1ccccc1-c1nnc2ccc(CN)cn12. The first kappa shape index (κ1) is 11.7. The molecule has 0 atom stereocenters. The quantitative estimate of drug-likeness (QED) is 0.774. The lowest BCUT2D eigenvalue weighted by Gasteiger charge is -2.07. The Bertz CT molecular complexity index is 720. The van der Waals surface area contributed by atoms with E-state index in [2.05, 4.69) is 10.2 Å². The Kier molecular flexibility index (Phi) is 2.89. The summed E-state index contributed by atoms with van der Waals surface area (Å²) in [6.07, 6.45) is 1.96. The zero-order valence-electron chi connectivity index (χ0n) is 10.6. The first-order valence-electron chi connectivity index (χ1n) is 6.00. The van der Waals surface area contributed by atoms with Gasteiger partial charge in [0.2, 0.25) is 0 Å². The van der Waals surface area contributed by atoms with Gasteiger partial charge in [-0.2, -0.15) is 0 Å². The number of rotatable bonds is 3. The van der Waals surface area contributed by atoms with Crippen LogP contribution in [0.3, 0.4) is 0 Å². The number of nitrogens with two attached hydrogens (primary N) is 1. The molecule has 5 nitrogen and oxygen atoms in total. The zero-order chi connectivity index (χ0) is 13.2. The van der Waals surface area contributed by atoms with Crippen molar-refractivity contribution >= 4 is 5.65 Å². The van der Waals surface area contributed by atoms with Crippen LogP contribution >= 0.6 is 0 Å². The average Bonchev–Trinajstić information content (AvgIpc) is 2.89. The van der Waals surface area contributed by atoms with E-state index in [1.807, 2.05) is 47.0 Å². The highest BCUT2D eigenvalue weighted by atomic mass is 16.5. The Balaban J connectivity index is 2.24. The van der Waals surface area contributed by atoms with Gasteiger partial charge in [-0.3, -0.25) is 4.40 Å². The maximum Gasteiger partial charge on any atom is 0.172 e. The molecule has 0 unspecified atom stereocenters. The molecule has 0 fully saturated rings. The fourth-order valence-corrected chi connectivity index (χ4v) is 2.07. The van der Waals surface area contributed by atoms with Crippen LogP contribution in [0.1, 0.15) is 5.56 Å². The van der Waals surface area contributed by atoms with E-state index < -0.39 is 0 Å². The molecule has 2 heterocycles. The summed E-state index contributed by atoms with van der Waals surface area (Å²) in [7, 11) is 1.65. The first-order valence-corrected chi connectivity index (χ1v) is 6.00. The van der Waals surface area contributed by atoms with Gasteiger partial charge in [0.05, 0.1) is 12.7 Å². The second-order valence-electron chi connectivity index (χ2n) is 4.19. The summed E-state index contributed by atoms with van der Waals surface area (Å²) in [5.74, 6) is 1.53. The summed E-state index contributed by atoms with van der Waals surface area (Å²) in [4.78, 5) is 0. The van der Waals surface area contributed by atoms with Crippen molar-refractivity contribution in [2.24, 2.45) is 5.73 Å². The van der Waals surface area contributed by atoms with Crippen LogP contribution in [0.25, 0.3) is 17.0 Å². The molecule has 19 heavy (non-hydrogen) atoms. The smallest absolute Gasteiger partial charge is 0.172 e. The van der Waals surface area contributed by atoms with Gasteiger partial charge in [0.25, 0.3) is 0 Å². The van der Waals surface area contributed by atoms with E-state index in [1.54, 1.807) is 7.11 Å². The van der Waals surface area contributed by atoms with Gasteiger partial charge in [0.1, 0.15) is 5.75 Å². The Labute approximate surface area is 110 Å². The number of fused-ring (bicyclic) bond motifs is 1. The third-order valence-electron chi connectivity index (χ3n) is 3.05. The van der Waals surface area contributed by atoms with E-state index in [-0.39, 0.29) is 0 Å². The van der Waals surface area contributed by atoms with Gasteiger partial charge in [-0.05, 0) is 23.8 Å². The van der Waals surface area contributed by atoms with Crippen molar-refractivity contribution in [3.63, 3.8) is 0 Å². The van der Waals surface area contributed by atoms with E-state index in [4.69, 9.17) is 10.5 Å². The van der Waals surface area contributed by atoms with E-state index in [1.165, 1.54) is 0 Å². The fourth-order valence-electron chi connectivity index (χ4n) is 2.07. The maximum absolute atomic E-state index is 5.68. The average molecular weight is 254 g/mol. The minimum Gasteiger partial charge on any atom is -0.496 e. The molecule has 0 saturated carbocycles. The summed E-state index contributed by atoms with van der Waals surface area (Å²) < 4.78 is 7.30. The summed E-state index contributed by atoms with van der Waals surface area (Å²) >= 11 is 0. The minimum atomic E-state index is 0.486. The van der Waals surface area contributed by atoms with Crippen LogP contribution in [0.15, 0.2) is 42.6 Å². The van der Waals surface area contributed by atoms with Gasteiger partial charge in [-0.1, -0.05) is 18.2 Å². The highest BCUT2D eigenvalue weighted by molar-refractivity contribution is 5.66. The molecule has 0 bridgehead atoms. The molecular weight excluding hydrogens is 240 g/mol. The van der Waals surface area contributed by atoms with Crippen LogP contribution < -0.4 is 10.5 Å². The van der Waals surface area contributed by atoms with Crippen LogP contribution in [-0.2, 0) is 6.54 Å². The molecule has 0 radical (unpaired) electrons. The predicted octanol–water partition coefficient (Wildman–Crippen LogP) is 1.86. The molecular formula is C14H14N4O. The number of aromatic nitrogens is 3. The number of nitrogens with zero attached hydrogens (tertiary/aromatic N) is 3. The van der Waals surface area contributed by atoms with Gasteiger partial charge in [0, 0.05) is 12.7 Å². The maximum atomic E-state index is 5.68. The molecule has 0 spiro atoms. The molecule has 0 amide bonds. The third-order valence-corrected chi connectivity index (χ3v) is 3.05. The molecule has 0 aliphatic rings. The molecule has 3 rings (SSSR count). The molecule has 2 N–H and O–H groups in total. The van der Waals surface area contributed by atoms with Crippen LogP contribution in [0.4, 0.5) is 0 Å². The van der Waals surface area contributed by atoms with Crippen molar-refractivity contribution < 1.29 is 4.74 Å². The van der Waals surface area contributed by atoms with Gasteiger partial charge in [0.15, 0.2) is 11.5 Å². The number of benzene rings is 1. The Hall–Kier alpha value is -2.40. The fraction of sp³-hybridized carbons (Fsp3) is 0.143. The summed E-state index contributed by atoms with van der Waals surface area (Å²) in [6.45, 7) is 0.486. The molecule has 0 saturated heterocycles. The standard InChI is InChI=1S/C14H14N4O/c1-19-12-5-3-2-4-11(12)14-17-16-13-7-6-10(8-15)9-18(13)14/h2-7,9H,8,15H2,1H3. The molecule has 0 aliphatic carbocycles. The molecule has 1 aromatic carbocycles. The summed E-state index contributed by atoms with van der Waals surface area (Å²) in [5, 5.41) is 8.40. The van der Waals surface area contributed by atoms with E-state index in [0.717, 1.165) is 28.3 Å². The lowest BCUT2D eigenvalue weighted by molar-refractivity contribution is 0.416. The third kappa shape index (κ3) is 1.94. The first-order chi connectivity index (χ1) is 9.33. The predicted molar refractivity (Wildman–Crippen MR) is 72.9 cm³/mol. The highest BCUT2D eigenvalue weighted by Gasteiger charge is 2.12. The van der Waals surface area contributed by atoms with E-state index in [9.17, 15) is 0 Å². The monoisotopic (exact) mass is 254 g/mol. The lowest BCUT2D eigenvalue weighted by Crippen LogP contribution is -1.99. The van der Waals surface area contributed by atoms with Crippen LogP contribution in [-0.4, -0.2) is 21.7 Å². The number of para-hydroxylation sites is 1. The van der Waals surface area contributed by atoms with Crippen LogP contribution in [0.5, 0.6) is 5.75 Å². The largest absolute Gasteiger partial charge is 0.496 e. The van der Waals surface area contributed by atoms with E-state index in [0.29, 0.717) is 6.54 Å². The number of pyridine rings is 1. The Morgan fingerprint density at radius 1 is 1.16 bits per heavy atom. The van der Waals surface area contributed by atoms with Gasteiger partial charge >= 0.3 is 0 Å². The Morgan fingerprint density at radius 3 is 2.79 bits per heavy atom. The molecule has 0 aliphatic heterocycles. The molecule has 5 heteroatoms. The van der Waals surface area contributed by atoms with Crippen molar-refractivity contribution in [2.45, 2.75) is 6.54 Å². The van der Waals surface area contributed by atoms with Crippen molar-refractivity contribution in [3.05, 3.63) is 48.2 Å². The van der Waals surface area contributed by atoms with Crippen LogP contribution in [0.2, 0.25) is 0 Å². The van der Waals surface area contributed by atoms with Gasteiger partial charge in [-0.15, -0.1) is 10.2 Å². The summed E-state index contributed by atoms with van der Waals surface area (Å²) in [5.41, 5.74) is 8.41. The van der Waals surface area contributed by atoms with Gasteiger partial charge in [-0.25, -0.2) is 0 Å². The second-order valence-corrected chi connectivity index (χ2v) is 4.19. The molecule has 96 valence electrons. The number of methoxy groups -OCH3 is 1. The van der Waals surface area contributed by atoms with Crippen molar-refractivity contribution in [3.8, 4) is 17.1 Å². The lowest BCUT2D eigenvalue weighted by atomic mass is 10.2. The number of hydrogen-bond donors (Lipinski definition) is 1. The van der Waals surface area contributed by atoms with Crippen molar-refractivity contribution in [2.75, 3.05) is 7.11 Å². The van der Waals surface area contributed by atoms with Crippen molar-refractivity contribution in [1.82, 2.24) is 14.6 Å². The van der Waals surface area contributed by atoms with E-state index >= 15 is 0 Å². The number of ether oxygens (including phenoxy) is 1. The molecule has 3 aromatic rings.